The maximum atomic E-state index is 12.6. The van der Waals surface area contributed by atoms with Gasteiger partial charge in [-0.1, -0.05) is 19.1 Å². The number of aryl methyl sites for hydroxylation is 1. The van der Waals surface area contributed by atoms with E-state index >= 15 is 0 Å². The SMILES string of the molecule is CCNC(=O)C1=CCC2C3CCc4cc(OS(N)(=O)=O)ccc4C3CCC12C. The Balaban J connectivity index is 1.59. The fraction of sp³-hybridized carbons (Fsp3) is 0.571. The lowest BCUT2D eigenvalue weighted by Crippen LogP contribution is -2.43. The van der Waals surface area contributed by atoms with Crippen molar-refractivity contribution < 1.29 is 17.4 Å². The zero-order valence-electron chi connectivity index (χ0n) is 16.4. The van der Waals surface area contributed by atoms with Gasteiger partial charge in [0.15, 0.2) is 0 Å². The van der Waals surface area contributed by atoms with E-state index in [1.807, 2.05) is 19.1 Å². The van der Waals surface area contributed by atoms with Crippen molar-refractivity contribution in [2.45, 2.75) is 51.9 Å². The molecule has 4 rings (SSSR count). The highest BCUT2D eigenvalue weighted by atomic mass is 32.2. The first kappa shape index (κ1) is 19.5. The third-order valence-electron chi connectivity index (χ3n) is 7.07. The first-order valence-corrected chi connectivity index (χ1v) is 11.5. The molecule has 3 aliphatic rings. The van der Waals surface area contributed by atoms with Crippen molar-refractivity contribution in [2.75, 3.05) is 6.54 Å². The summed E-state index contributed by atoms with van der Waals surface area (Å²) in [5.41, 5.74) is 3.38. The van der Waals surface area contributed by atoms with Crippen LogP contribution in [0.4, 0.5) is 0 Å². The number of benzene rings is 1. The summed E-state index contributed by atoms with van der Waals surface area (Å²) in [6.07, 6.45) is 7.10. The number of carbonyl (C=O) groups is 1. The molecule has 0 spiro atoms. The molecule has 6 nitrogen and oxygen atoms in total. The minimum atomic E-state index is -4.01. The molecule has 1 saturated carbocycles. The van der Waals surface area contributed by atoms with E-state index in [4.69, 9.17) is 9.32 Å². The minimum Gasteiger partial charge on any atom is -0.371 e. The van der Waals surface area contributed by atoms with Crippen LogP contribution in [0.15, 0.2) is 29.8 Å². The Labute approximate surface area is 166 Å². The topological polar surface area (TPSA) is 98.5 Å². The normalized spacial score (nSPS) is 31.2. The highest BCUT2D eigenvalue weighted by Gasteiger charge is 2.53. The molecule has 0 radical (unpaired) electrons. The lowest BCUT2D eigenvalue weighted by molar-refractivity contribution is -0.119. The Kier molecular flexibility index (Phi) is 4.78. The Morgan fingerprint density at radius 2 is 2.14 bits per heavy atom. The van der Waals surface area contributed by atoms with Crippen molar-refractivity contribution in [3.05, 3.63) is 41.0 Å². The molecule has 0 aliphatic heterocycles. The van der Waals surface area contributed by atoms with Crippen LogP contribution >= 0.6 is 0 Å². The third-order valence-corrected chi connectivity index (χ3v) is 7.50. The monoisotopic (exact) mass is 404 g/mol. The molecule has 4 atom stereocenters. The summed E-state index contributed by atoms with van der Waals surface area (Å²) < 4.78 is 27.3. The number of allylic oxidation sites excluding steroid dienone is 1. The summed E-state index contributed by atoms with van der Waals surface area (Å²) in [5, 5.41) is 7.97. The van der Waals surface area contributed by atoms with Crippen LogP contribution in [0.25, 0.3) is 0 Å². The highest BCUT2D eigenvalue weighted by Crippen LogP contribution is 2.61. The van der Waals surface area contributed by atoms with E-state index in [0.29, 0.717) is 24.3 Å². The smallest absolute Gasteiger partial charge is 0.371 e. The van der Waals surface area contributed by atoms with Crippen LogP contribution in [-0.2, 0) is 21.5 Å². The Bertz CT molecular complexity index is 940. The molecule has 1 amide bonds. The number of carbonyl (C=O) groups excluding carboxylic acids is 1. The van der Waals surface area contributed by atoms with Gasteiger partial charge in [0.1, 0.15) is 5.75 Å². The van der Waals surface area contributed by atoms with Gasteiger partial charge in [0, 0.05) is 17.5 Å². The third kappa shape index (κ3) is 3.24. The van der Waals surface area contributed by atoms with E-state index in [-0.39, 0.29) is 17.1 Å². The first-order chi connectivity index (χ1) is 13.2. The molecule has 3 aliphatic carbocycles. The van der Waals surface area contributed by atoms with Crippen molar-refractivity contribution in [1.29, 1.82) is 0 Å². The molecule has 1 aromatic carbocycles. The first-order valence-electron chi connectivity index (χ1n) is 10.1. The van der Waals surface area contributed by atoms with Crippen LogP contribution in [0.1, 0.15) is 56.6 Å². The number of likely N-dealkylation sites (N-methyl/N-ethyl adjacent to an activating group) is 1. The largest absolute Gasteiger partial charge is 0.380 e. The van der Waals surface area contributed by atoms with Gasteiger partial charge in [0.05, 0.1) is 0 Å². The average molecular weight is 405 g/mol. The molecule has 0 saturated heterocycles. The van der Waals surface area contributed by atoms with Crippen LogP contribution in [0.5, 0.6) is 5.75 Å². The number of hydrogen-bond acceptors (Lipinski definition) is 4. The Morgan fingerprint density at radius 1 is 1.36 bits per heavy atom. The fourth-order valence-corrected chi connectivity index (χ4v) is 6.29. The predicted octanol–water partition coefficient (Wildman–Crippen LogP) is 2.80. The van der Waals surface area contributed by atoms with Crippen LogP contribution in [0.3, 0.4) is 0 Å². The maximum Gasteiger partial charge on any atom is 0.380 e. The van der Waals surface area contributed by atoms with E-state index in [2.05, 4.69) is 18.3 Å². The van der Waals surface area contributed by atoms with E-state index < -0.39 is 10.3 Å². The minimum absolute atomic E-state index is 0.0470. The number of nitrogens with two attached hydrogens (primary N) is 1. The lowest BCUT2D eigenvalue weighted by Gasteiger charge is -2.50. The summed E-state index contributed by atoms with van der Waals surface area (Å²) in [5.74, 6) is 1.84. The van der Waals surface area contributed by atoms with Gasteiger partial charge in [-0.15, -0.1) is 0 Å². The molecule has 0 heterocycles. The molecule has 3 N–H and O–H groups in total. The van der Waals surface area contributed by atoms with Crippen molar-refractivity contribution >= 4 is 16.2 Å². The number of amides is 1. The van der Waals surface area contributed by atoms with Crippen LogP contribution in [0.2, 0.25) is 0 Å². The summed E-state index contributed by atoms with van der Waals surface area (Å²) >= 11 is 0. The molecule has 0 bridgehead atoms. The number of rotatable bonds is 4. The van der Waals surface area contributed by atoms with Crippen molar-refractivity contribution in [1.82, 2.24) is 5.32 Å². The predicted molar refractivity (Wildman–Crippen MR) is 107 cm³/mol. The van der Waals surface area contributed by atoms with Gasteiger partial charge in [0.25, 0.3) is 0 Å². The summed E-state index contributed by atoms with van der Waals surface area (Å²) in [4.78, 5) is 12.6. The average Bonchev–Trinajstić information content (AvgIpc) is 2.97. The summed E-state index contributed by atoms with van der Waals surface area (Å²) in [6.45, 7) is 4.87. The van der Waals surface area contributed by atoms with Gasteiger partial charge < -0.3 is 9.50 Å². The molecule has 28 heavy (non-hydrogen) atoms. The van der Waals surface area contributed by atoms with Gasteiger partial charge in [0.2, 0.25) is 5.91 Å². The molecule has 0 aromatic heterocycles. The van der Waals surface area contributed by atoms with Crippen molar-refractivity contribution in [3.8, 4) is 5.75 Å². The van der Waals surface area contributed by atoms with Crippen LogP contribution in [0, 0.1) is 17.3 Å². The fourth-order valence-electron chi connectivity index (χ4n) is 5.92. The van der Waals surface area contributed by atoms with Crippen LogP contribution < -0.4 is 14.6 Å². The number of fused-ring (bicyclic) bond motifs is 5. The Hall–Kier alpha value is -1.86. The molecule has 7 heteroatoms. The van der Waals surface area contributed by atoms with E-state index in [1.54, 1.807) is 6.07 Å². The highest BCUT2D eigenvalue weighted by molar-refractivity contribution is 7.84. The zero-order valence-corrected chi connectivity index (χ0v) is 17.2. The molecule has 4 unspecified atom stereocenters. The quantitative estimate of drug-likeness (QED) is 0.806. The van der Waals surface area contributed by atoms with Crippen molar-refractivity contribution in [3.63, 3.8) is 0 Å². The van der Waals surface area contributed by atoms with Gasteiger partial charge in [-0.05, 0) is 80.0 Å². The van der Waals surface area contributed by atoms with E-state index in [1.165, 1.54) is 5.56 Å². The Morgan fingerprint density at radius 3 is 2.86 bits per heavy atom. The maximum absolute atomic E-state index is 12.6. The summed E-state index contributed by atoms with van der Waals surface area (Å²) in [6, 6.07) is 5.52. The second kappa shape index (κ2) is 6.88. The second-order valence-electron chi connectivity index (χ2n) is 8.52. The van der Waals surface area contributed by atoms with Gasteiger partial charge in [-0.2, -0.15) is 13.6 Å². The second-order valence-corrected chi connectivity index (χ2v) is 9.67. The molecular formula is C21H28N2O4S. The molecule has 152 valence electrons. The lowest BCUT2D eigenvalue weighted by atomic mass is 9.54. The summed E-state index contributed by atoms with van der Waals surface area (Å²) in [7, 11) is -4.01. The van der Waals surface area contributed by atoms with E-state index in [0.717, 1.165) is 43.2 Å². The van der Waals surface area contributed by atoms with Gasteiger partial charge >= 0.3 is 10.3 Å². The van der Waals surface area contributed by atoms with Gasteiger partial charge in [-0.25, -0.2) is 0 Å². The van der Waals surface area contributed by atoms with Crippen LogP contribution in [-0.4, -0.2) is 20.9 Å². The van der Waals surface area contributed by atoms with Gasteiger partial charge in [-0.3, -0.25) is 4.79 Å². The number of hydrogen-bond donors (Lipinski definition) is 2. The van der Waals surface area contributed by atoms with E-state index in [9.17, 15) is 13.2 Å². The molecule has 1 aromatic rings. The molecular weight excluding hydrogens is 376 g/mol. The molecule has 1 fully saturated rings. The number of nitrogens with one attached hydrogen (secondary N) is 1. The standard InChI is InChI=1S/C21H28N2O4S/c1-3-23-20(24)19-9-8-18-17-6-4-13-12-14(27-28(22,25)26)5-7-15(13)16(17)10-11-21(18,19)2/h5,7,9,12,16-18H,3-4,6,8,10-11H2,1-2H3,(H,23,24)(H2,22,25,26). The zero-order chi connectivity index (χ0) is 20.1. The van der Waals surface area contributed by atoms with Crippen molar-refractivity contribution in [2.24, 2.45) is 22.4 Å².